The molecule has 0 aliphatic carbocycles. The number of nitrogens with one attached hydrogen (secondary N) is 2. The van der Waals surface area contributed by atoms with Gasteiger partial charge in [0.15, 0.2) is 0 Å². The van der Waals surface area contributed by atoms with Gasteiger partial charge in [0.2, 0.25) is 11.8 Å². The van der Waals surface area contributed by atoms with Crippen LogP contribution in [0.2, 0.25) is 0 Å². The molecule has 0 aromatic heterocycles. The van der Waals surface area contributed by atoms with Gasteiger partial charge < -0.3 is 10.1 Å². The van der Waals surface area contributed by atoms with E-state index in [4.69, 9.17) is 4.74 Å². The van der Waals surface area contributed by atoms with Gasteiger partial charge in [0, 0.05) is 17.8 Å². The summed E-state index contributed by atoms with van der Waals surface area (Å²) < 4.78 is 5.70. The molecular weight excluding hydrogens is 354 g/mol. The van der Waals surface area contributed by atoms with Gasteiger partial charge >= 0.3 is 0 Å². The Balaban J connectivity index is 1.76. The van der Waals surface area contributed by atoms with Crippen LogP contribution in [0.5, 0.6) is 5.75 Å². The third-order valence-electron chi connectivity index (χ3n) is 3.93. The van der Waals surface area contributed by atoms with Crippen LogP contribution in [0.15, 0.2) is 59.7 Å². The van der Waals surface area contributed by atoms with E-state index in [9.17, 15) is 9.59 Å². The Bertz CT molecular complexity index is 786. The highest BCUT2D eigenvalue weighted by atomic mass is 16.5. The first-order valence-corrected chi connectivity index (χ1v) is 9.45. The van der Waals surface area contributed by atoms with E-state index in [-0.39, 0.29) is 18.2 Å². The average molecular weight is 381 g/mol. The van der Waals surface area contributed by atoms with Crippen LogP contribution in [-0.2, 0) is 16.2 Å². The number of hydrogen-bond acceptors (Lipinski definition) is 4. The molecule has 0 fully saturated rings. The second-order valence-corrected chi connectivity index (χ2v) is 6.51. The van der Waals surface area contributed by atoms with Crippen LogP contribution in [0, 0.1) is 0 Å². The zero-order chi connectivity index (χ0) is 20.2. The number of para-hydroxylation sites is 1. The van der Waals surface area contributed by atoms with Gasteiger partial charge in [-0.2, -0.15) is 5.10 Å². The summed E-state index contributed by atoms with van der Waals surface area (Å²) in [7, 11) is 0. The number of ether oxygens (including phenoxy) is 1. The van der Waals surface area contributed by atoms with Crippen molar-refractivity contribution in [1.29, 1.82) is 0 Å². The topological polar surface area (TPSA) is 79.8 Å². The number of benzene rings is 2. The largest absolute Gasteiger partial charge is 0.489 e. The molecule has 28 heavy (non-hydrogen) atoms. The highest BCUT2D eigenvalue weighted by molar-refractivity contribution is 6.05. The van der Waals surface area contributed by atoms with Crippen molar-refractivity contribution in [3.8, 4) is 5.75 Å². The van der Waals surface area contributed by atoms with E-state index in [1.54, 1.807) is 6.92 Å². The molecule has 2 aromatic carbocycles. The molecule has 0 atom stereocenters. The quantitative estimate of drug-likeness (QED) is 0.476. The predicted molar refractivity (Wildman–Crippen MR) is 111 cm³/mol. The van der Waals surface area contributed by atoms with Crippen molar-refractivity contribution in [1.82, 2.24) is 5.43 Å². The molecule has 0 heterocycles. The number of hydrazone groups is 1. The Morgan fingerprint density at radius 3 is 2.39 bits per heavy atom. The van der Waals surface area contributed by atoms with Crippen LogP contribution >= 0.6 is 0 Å². The lowest BCUT2D eigenvalue weighted by Crippen LogP contribution is -2.21. The van der Waals surface area contributed by atoms with Crippen molar-refractivity contribution in [2.24, 2.45) is 5.10 Å². The monoisotopic (exact) mass is 381 g/mol. The lowest BCUT2D eigenvalue weighted by Gasteiger charge is -2.08. The minimum absolute atomic E-state index is 0.118. The first-order valence-electron chi connectivity index (χ1n) is 9.45. The molecule has 0 unspecified atom stereocenters. The summed E-state index contributed by atoms with van der Waals surface area (Å²) in [6, 6.07) is 17.1. The number of rotatable bonds is 10. The summed E-state index contributed by atoms with van der Waals surface area (Å²) >= 11 is 0. The predicted octanol–water partition coefficient (Wildman–Crippen LogP) is 4.28. The van der Waals surface area contributed by atoms with Crippen molar-refractivity contribution >= 4 is 23.2 Å². The molecule has 0 saturated heterocycles. The van der Waals surface area contributed by atoms with Crippen LogP contribution in [0.4, 0.5) is 5.69 Å². The average Bonchev–Trinajstić information content (AvgIpc) is 2.71. The molecule has 2 N–H and O–H groups in total. The number of anilines is 1. The van der Waals surface area contributed by atoms with Crippen molar-refractivity contribution in [2.45, 2.75) is 46.1 Å². The standard InChI is InChI=1S/C22H27N3O3/c1-3-4-10-21(26)25-24-17(2)15-22(27)23-19-13-11-18(12-14-19)16-28-20-8-6-5-7-9-20/h5-9,11-14H,3-4,10,15-16H2,1-2H3,(H,23,27)(H,25,26)/b24-17+. The van der Waals surface area contributed by atoms with E-state index in [2.05, 4.69) is 15.8 Å². The summed E-state index contributed by atoms with van der Waals surface area (Å²) in [6.07, 6.45) is 2.34. The van der Waals surface area contributed by atoms with Gasteiger partial charge in [0.25, 0.3) is 0 Å². The third kappa shape index (κ3) is 8.03. The maximum Gasteiger partial charge on any atom is 0.240 e. The van der Waals surface area contributed by atoms with Gasteiger partial charge in [0.05, 0.1) is 6.42 Å². The summed E-state index contributed by atoms with van der Waals surface area (Å²) in [5.74, 6) is 0.503. The van der Waals surface area contributed by atoms with Gasteiger partial charge in [-0.05, 0) is 43.2 Å². The van der Waals surface area contributed by atoms with Crippen LogP contribution < -0.4 is 15.5 Å². The number of unbranched alkanes of at least 4 members (excludes halogenated alkanes) is 1. The Kier molecular flexibility index (Phi) is 8.72. The highest BCUT2D eigenvalue weighted by Crippen LogP contribution is 2.14. The SMILES string of the molecule is CCCCC(=O)N/N=C(\C)CC(=O)Nc1ccc(COc2ccccc2)cc1. The molecule has 2 aromatic rings. The van der Waals surface area contributed by atoms with E-state index >= 15 is 0 Å². The second-order valence-electron chi connectivity index (χ2n) is 6.51. The van der Waals surface area contributed by atoms with Crippen LogP contribution in [0.1, 0.15) is 45.1 Å². The number of carbonyl (C=O) groups is 2. The van der Waals surface area contributed by atoms with E-state index < -0.39 is 0 Å². The van der Waals surface area contributed by atoms with Crippen molar-refractivity contribution in [3.63, 3.8) is 0 Å². The minimum Gasteiger partial charge on any atom is -0.489 e. The molecule has 6 heteroatoms. The maximum absolute atomic E-state index is 12.1. The molecule has 0 saturated carbocycles. The van der Waals surface area contributed by atoms with Crippen LogP contribution in [0.3, 0.4) is 0 Å². The summed E-state index contributed by atoms with van der Waals surface area (Å²) in [5.41, 5.74) is 4.74. The van der Waals surface area contributed by atoms with E-state index in [0.717, 1.165) is 24.2 Å². The van der Waals surface area contributed by atoms with E-state index in [1.807, 2.05) is 61.5 Å². The lowest BCUT2D eigenvalue weighted by molar-refractivity contribution is -0.121. The molecule has 148 valence electrons. The van der Waals surface area contributed by atoms with Gasteiger partial charge in [0.1, 0.15) is 12.4 Å². The van der Waals surface area contributed by atoms with Crippen molar-refractivity contribution in [3.05, 3.63) is 60.2 Å². The molecule has 6 nitrogen and oxygen atoms in total. The third-order valence-corrected chi connectivity index (χ3v) is 3.93. The maximum atomic E-state index is 12.1. The molecule has 2 rings (SSSR count). The highest BCUT2D eigenvalue weighted by Gasteiger charge is 2.06. The summed E-state index contributed by atoms with van der Waals surface area (Å²) in [4.78, 5) is 23.6. The van der Waals surface area contributed by atoms with Gasteiger partial charge in [-0.3, -0.25) is 9.59 Å². The Hall–Kier alpha value is -3.15. The zero-order valence-corrected chi connectivity index (χ0v) is 16.4. The molecule has 0 radical (unpaired) electrons. The van der Waals surface area contributed by atoms with Gasteiger partial charge in [-0.1, -0.05) is 43.7 Å². The molecule has 0 aliphatic heterocycles. The van der Waals surface area contributed by atoms with Crippen molar-refractivity contribution in [2.75, 3.05) is 5.32 Å². The molecule has 0 aliphatic rings. The molecule has 0 spiro atoms. The Morgan fingerprint density at radius 2 is 1.71 bits per heavy atom. The molecular formula is C22H27N3O3. The Labute approximate surface area is 166 Å². The number of nitrogens with zero attached hydrogens (tertiary/aromatic N) is 1. The number of hydrogen-bond donors (Lipinski definition) is 2. The van der Waals surface area contributed by atoms with Gasteiger partial charge in [-0.25, -0.2) is 5.43 Å². The smallest absolute Gasteiger partial charge is 0.240 e. The lowest BCUT2D eigenvalue weighted by atomic mass is 10.2. The van der Waals surface area contributed by atoms with Crippen LogP contribution in [0.25, 0.3) is 0 Å². The fraction of sp³-hybridized carbons (Fsp3) is 0.318. The summed E-state index contributed by atoms with van der Waals surface area (Å²) in [5, 5.41) is 6.79. The normalized spacial score (nSPS) is 11.0. The summed E-state index contributed by atoms with van der Waals surface area (Å²) in [6.45, 7) is 4.19. The van der Waals surface area contributed by atoms with E-state index in [0.29, 0.717) is 24.4 Å². The fourth-order valence-corrected chi connectivity index (χ4v) is 2.40. The zero-order valence-electron chi connectivity index (χ0n) is 16.4. The molecule has 0 bridgehead atoms. The number of amides is 2. The Morgan fingerprint density at radius 1 is 1.00 bits per heavy atom. The molecule has 2 amide bonds. The fourth-order valence-electron chi connectivity index (χ4n) is 2.40. The minimum atomic E-state index is -0.183. The van der Waals surface area contributed by atoms with Crippen LogP contribution in [-0.4, -0.2) is 17.5 Å². The number of carbonyl (C=O) groups excluding carboxylic acids is 2. The van der Waals surface area contributed by atoms with Crippen molar-refractivity contribution < 1.29 is 14.3 Å². The van der Waals surface area contributed by atoms with E-state index in [1.165, 1.54) is 0 Å². The second kappa shape index (κ2) is 11.5. The first-order chi connectivity index (χ1) is 13.6. The van der Waals surface area contributed by atoms with Gasteiger partial charge in [-0.15, -0.1) is 0 Å². The first kappa shape index (κ1) is 21.2.